The summed E-state index contributed by atoms with van der Waals surface area (Å²) in [5, 5.41) is 3.42. The minimum Gasteiger partial charge on any atom is -0.376 e. The zero-order valence-corrected chi connectivity index (χ0v) is 12.6. The molecule has 0 spiro atoms. The average molecular weight is 268 g/mol. The molecule has 2 saturated heterocycles. The molecule has 1 amide bonds. The molecule has 2 unspecified atom stereocenters. The van der Waals surface area contributed by atoms with Gasteiger partial charge in [0, 0.05) is 19.7 Å². The van der Waals surface area contributed by atoms with Crippen LogP contribution in [0.5, 0.6) is 0 Å². The molecule has 0 radical (unpaired) electrons. The topological polar surface area (TPSA) is 41.6 Å². The molecular formula is C15H28N2O2. The maximum absolute atomic E-state index is 12.7. The third-order valence-corrected chi connectivity index (χ3v) is 4.52. The van der Waals surface area contributed by atoms with E-state index in [4.69, 9.17) is 4.74 Å². The van der Waals surface area contributed by atoms with Gasteiger partial charge in [0.25, 0.3) is 0 Å². The first kappa shape index (κ1) is 14.8. The molecule has 2 heterocycles. The van der Waals surface area contributed by atoms with Crippen LogP contribution in [0.2, 0.25) is 0 Å². The van der Waals surface area contributed by atoms with Gasteiger partial charge in [0.15, 0.2) is 0 Å². The minimum absolute atomic E-state index is 0.0393. The van der Waals surface area contributed by atoms with Crippen molar-refractivity contribution in [2.45, 2.75) is 58.6 Å². The van der Waals surface area contributed by atoms with E-state index in [2.05, 4.69) is 26.1 Å². The largest absolute Gasteiger partial charge is 0.376 e. The number of nitrogens with zero attached hydrogens (tertiary/aromatic N) is 1. The third-order valence-electron chi connectivity index (χ3n) is 4.52. The van der Waals surface area contributed by atoms with Gasteiger partial charge in [-0.1, -0.05) is 13.8 Å². The summed E-state index contributed by atoms with van der Waals surface area (Å²) in [7, 11) is 0. The van der Waals surface area contributed by atoms with Gasteiger partial charge in [0.05, 0.1) is 12.1 Å². The van der Waals surface area contributed by atoms with Gasteiger partial charge in [0.2, 0.25) is 5.91 Å². The monoisotopic (exact) mass is 268 g/mol. The standard InChI is InChI=1S/C15H28N2O2/c1-4-17(11-12-7-5-10-19-12)14(18)13-15(2,3)8-6-9-16-13/h12-13,16H,4-11H2,1-3H3. The maximum Gasteiger partial charge on any atom is 0.240 e. The number of ether oxygens (including phenoxy) is 1. The van der Waals surface area contributed by atoms with E-state index in [-0.39, 0.29) is 23.5 Å². The van der Waals surface area contributed by atoms with Gasteiger partial charge in [-0.3, -0.25) is 4.79 Å². The highest BCUT2D eigenvalue weighted by Crippen LogP contribution is 2.31. The first-order valence-electron chi connectivity index (χ1n) is 7.68. The average Bonchev–Trinajstić information content (AvgIpc) is 2.87. The number of carbonyl (C=O) groups excluding carboxylic acids is 1. The van der Waals surface area contributed by atoms with Crippen LogP contribution < -0.4 is 5.32 Å². The number of piperidine rings is 1. The van der Waals surface area contributed by atoms with Crippen molar-refractivity contribution in [1.82, 2.24) is 10.2 Å². The number of hydrogen-bond acceptors (Lipinski definition) is 3. The normalized spacial score (nSPS) is 30.3. The molecule has 2 fully saturated rings. The second-order valence-electron chi connectivity index (χ2n) is 6.49. The van der Waals surface area contributed by atoms with Crippen molar-refractivity contribution in [3.05, 3.63) is 0 Å². The van der Waals surface area contributed by atoms with Crippen LogP contribution >= 0.6 is 0 Å². The van der Waals surface area contributed by atoms with E-state index >= 15 is 0 Å². The van der Waals surface area contributed by atoms with Crippen LogP contribution in [0.25, 0.3) is 0 Å². The second-order valence-corrected chi connectivity index (χ2v) is 6.49. The molecule has 0 bridgehead atoms. The number of nitrogens with one attached hydrogen (secondary N) is 1. The first-order valence-corrected chi connectivity index (χ1v) is 7.68. The lowest BCUT2D eigenvalue weighted by Gasteiger charge is -2.41. The Kier molecular flexibility index (Phi) is 4.85. The minimum atomic E-state index is -0.0393. The summed E-state index contributed by atoms with van der Waals surface area (Å²) < 4.78 is 5.66. The molecule has 0 saturated carbocycles. The van der Waals surface area contributed by atoms with E-state index in [1.165, 1.54) is 0 Å². The van der Waals surface area contributed by atoms with Gasteiger partial charge in [-0.05, 0) is 44.6 Å². The van der Waals surface area contributed by atoms with Crippen LogP contribution in [0.1, 0.15) is 46.5 Å². The molecule has 2 aliphatic heterocycles. The molecule has 2 rings (SSSR count). The van der Waals surface area contributed by atoms with Gasteiger partial charge >= 0.3 is 0 Å². The van der Waals surface area contributed by atoms with Crippen molar-refractivity contribution >= 4 is 5.91 Å². The predicted molar refractivity (Wildman–Crippen MR) is 76.0 cm³/mol. The quantitative estimate of drug-likeness (QED) is 0.845. The first-order chi connectivity index (χ1) is 9.04. The van der Waals surface area contributed by atoms with Crippen molar-refractivity contribution in [3.8, 4) is 0 Å². The van der Waals surface area contributed by atoms with Crippen molar-refractivity contribution in [2.24, 2.45) is 5.41 Å². The van der Waals surface area contributed by atoms with Crippen LogP contribution in [-0.2, 0) is 9.53 Å². The highest BCUT2D eigenvalue weighted by molar-refractivity contribution is 5.83. The Labute approximate surface area is 116 Å². The van der Waals surface area contributed by atoms with Crippen molar-refractivity contribution in [3.63, 3.8) is 0 Å². The van der Waals surface area contributed by atoms with Crippen LogP contribution in [0, 0.1) is 5.41 Å². The molecule has 4 nitrogen and oxygen atoms in total. The summed E-state index contributed by atoms with van der Waals surface area (Å²) in [5.74, 6) is 0.253. The summed E-state index contributed by atoms with van der Waals surface area (Å²) in [6, 6.07) is -0.0393. The summed E-state index contributed by atoms with van der Waals surface area (Å²) in [6.45, 7) is 9.78. The lowest BCUT2D eigenvalue weighted by atomic mass is 9.77. The second kappa shape index (κ2) is 6.23. The van der Waals surface area contributed by atoms with E-state index in [0.717, 1.165) is 51.9 Å². The number of hydrogen-bond donors (Lipinski definition) is 1. The molecule has 19 heavy (non-hydrogen) atoms. The molecule has 110 valence electrons. The fourth-order valence-electron chi connectivity index (χ4n) is 3.22. The molecule has 2 atom stereocenters. The highest BCUT2D eigenvalue weighted by Gasteiger charge is 2.39. The molecule has 0 aromatic rings. The van der Waals surface area contributed by atoms with Gasteiger partial charge in [0.1, 0.15) is 0 Å². The van der Waals surface area contributed by atoms with Crippen LogP contribution in [0.4, 0.5) is 0 Å². The number of likely N-dealkylation sites (N-methyl/N-ethyl adjacent to an activating group) is 1. The molecule has 0 aromatic carbocycles. The Bertz CT molecular complexity index is 311. The van der Waals surface area contributed by atoms with Gasteiger partial charge < -0.3 is 15.0 Å². The Morgan fingerprint density at radius 3 is 2.79 bits per heavy atom. The Balaban J connectivity index is 1.98. The summed E-state index contributed by atoms with van der Waals surface area (Å²) >= 11 is 0. The van der Waals surface area contributed by atoms with Crippen molar-refractivity contribution < 1.29 is 9.53 Å². The predicted octanol–water partition coefficient (Wildman–Crippen LogP) is 1.79. The van der Waals surface area contributed by atoms with Crippen LogP contribution in [-0.4, -0.2) is 49.2 Å². The number of carbonyl (C=O) groups is 1. The van der Waals surface area contributed by atoms with Gasteiger partial charge in [-0.2, -0.15) is 0 Å². The van der Waals surface area contributed by atoms with E-state index < -0.39 is 0 Å². The molecule has 0 aromatic heterocycles. The molecule has 2 aliphatic rings. The smallest absolute Gasteiger partial charge is 0.240 e. The number of rotatable bonds is 4. The van der Waals surface area contributed by atoms with Crippen LogP contribution in [0.3, 0.4) is 0 Å². The Morgan fingerprint density at radius 1 is 1.42 bits per heavy atom. The number of amides is 1. The van der Waals surface area contributed by atoms with E-state index in [0.29, 0.717) is 0 Å². The maximum atomic E-state index is 12.7. The lowest BCUT2D eigenvalue weighted by molar-refractivity contribution is -0.138. The zero-order valence-electron chi connectivity index (χ0n) is 12.6. The van der Waals surface area contributed by atoms with Crippen molar-refractivity contribution in [2.75, 3.05) is 26.2 Å². The third kappa shape index (κ3) is 3.48. The Morgan fingerprint density at radius 2 is 2.21 bits per heavy atom. The Hall–Kier alpha value is -0.610. The van der Waals surface area contributed by atoms with Crippen LogP contribution in [0.15, 0.2) is 0 Å². The summed E-state index contributed by atoms with van der Waals surface area (Å²) in [5.41, 5.74) is 0.0548. The van der Waals surface area contributed by atoms with Gasteiger partial charge in [-0.15, -0.1) is 0 Å². The molecule has 4 heteroatoms. The zero-order chi connectivity index (χ0) is 13.9. The van der Waals surface area contributed by atoms with E-state index in [1.54, 1.807) is 0 Å². The SMILES string of the molecule is CCN(CC1CCCO1)C(=O)C1NCCCC1(C)C. The fraction of sp³-hybridized carbons (Fsp3) is 0.933. The van der Waals surface area contributed by atoms with Gasteiger partial charge in [-0.25, -0.2) is 0 Å². The summed E-state index contributed by atoms with van der Waals surface area (Å²) in [6.07, 6.45) is 4.74. The van der Waals surface area contributed by atoms with Crippen molar-refractivity contribution in [1.29, 1.82) is 0 Å². The van der Waals surface area contributed by atoms with E-state index in [9.17, 15) is 4.79 Å². The molecule has 0 aliphatic carbocycles. The lowest BCUT2D eigenvalue weighted by Crippen LogP contribution is -2.57. The molecular weight excluding hydrogens is 240 g/mol. The fourth-order valence-corrected chi connectivity index (χ4v) is 3.22. The summed E-state index contributed by atoms with van der Waals surface area (Å²) in [4.78, 5) is 14.7. The molecule has 1 N–H and O–H groups in total. The van der Waals surface area contributed by atoms with E-state index in [1.807, 2.05) is 4.90 Å². The highest BCUT2D eigenvalue weighted by atomic mass is 16.5.